The van der Waals surface area contributed by atoms with Crippen molar-refractivity contribution < 1.29 is 25.7 Å². The Bertz CT molecular complexity index is 152. The topological polar surface area (TPSA) is 17.1 Å². The Morgan fingerprint density at radius 1 is 1.20 bits per heavy atom. The van der Waals surface area contributed by atoms with Crippen LogP contribution in [0.25, 0.3) is 0 Å². The molecule has 0 aliphatic rings. The van der Waals surface area contributed by atoms with Crippen LogP contribution in [0, 0.1) is 0 Å². The van der Waals surface area contributed by atoms with E-state index < -0.39 is 21.8 Å². The molecule has 0 heterocycles. The van der Waals surface area contributed by atoms with Crippen molar-refractivity contribution in [2.24, 2.45) is 0 Å². The van der Waals surface area contributed by atoms with Gasteiger partial charge >= 0.3 is 10.6 Å². The van der Waals surface area contributed by atoms with Crippen LogP contribution in [0.4, 0.5) is 21.4 Å². The van der Waals surface area contributed by atoms with Gasteiger partial charge in [0, 0.05) is 0 Å². The molecule has 0 aliphatic carbocycles. The van der Waals surface area contributed by atoms with Crippen LogP contribution in [0.3, 0.4) is 0 Å². The predicted octanol–water partition coefficient (Wildman–Crippen LogP) is 2.04. The van der Waals surface area contributed by atoms with Crippen molar-refractivity contribution in [1.82, 2.24) is 0 Å². The van der Waals surface area contributed by atoms with Crippen LogP contribution in [0.2, 0.25) is 0 Å². The van der Waals surface area contributed by atoms with Crippen molar-refractivity contribution in [3.63, 3.8) is 0 Å². The summed E-state index contributed by atoms with van der Waals surface area (Å²) in [6.45, 7) is 0. The summed E-state index contributed by atoms with van der Waals surface area (Å²) in [5.41, 5.74) is 0. The molecule has 0 fully saturated rings. The van der Waals surface area contributed by atoms with Crippen molar-refractivity contribution in [2.45, 2.75) is 10.6 Å². The fourth-order valence-corrected chi connectivity index (χ4v) is 0.273. The molecule has 0 saturated carbocycles. The third-order valence-corrected chi connectivity index (χ3v) is 1.74. The summed E-state index contributed by atoms with van der Waals surface area (Å²) in [6, 6.07) is 0. The minimum atomic E-state index is -5.66. The molecular weight excluding hydrogens is 203 g/mol. The Morgan fingerprint density at radius 3 is 1.50 bits per heavy atom. The fourth-order valence-electron chi connectivity index (χ4n) is 0.0910. The highest BCUT2D eigenvalue weighted by atomic mass is 35.5. The van der Waals surface area contributed by atoms with Gasteiger partial charge in [-0.15, -0.1) is 3.89 Å². The van der Waals surface area contributed by atoms with Gasteiger partial charge in [-0.2, -0.15) is 17.6 Å². The van der Waals surface area contributed by atoms with Crippen molar-refractivity contribution in [1.29, 1.82) is 0 Å². The lowest BCUT2D eigenvalue weighted by Gasteiger charge is -2.14. The predicted molar refractivity (Wildman–Crippen MR) is 25.0 cm³/mol. The minimum absolute atomic E-state index is 3.88. The molecule has 10 heavy (non-hydrogen) atoms. The summed E-state index contributed by atoms with van der Waals surface area (Å²) in [5, 5.41) is 0. The molecule has 0 aromatic heterocycles. The van der Waals surface area contributed by atoms with E-state index in [2.05, 4.69) is 11.6 Å². The lowest BCUT2D eigenvalue weighted by Crippen LogP contribution is -2.37. The molecule has 0 rings (SSSR count). The molecule has 2 atom stereocenters. The van der Waals surface area contributed by atoms with Gasteiger partial charge in [0.15, 0.2) is 0 Å². The van der Waals surface area contributed by atoms with Gasteiger partial charge in [-0.25, -0.2) is 4.21 Å². The van der Waals surface area contributed by atoms with Gasteiger partial charge in [-0.1, -0.05) is 11.6 Å². The molecule has 0 saturated heterocycles. The first-order chi connectivity index (χ1) is 4.19. The maximum absolute atomic E-state index is 11.7. The van der Waals surface area contributed by atoms with Crippen LogP contribution in [0.15, 0.2) is 0 Å². The first-order valence-electron chi connectivity index (χ1n) is 1.72. The molecule has 0 aliphatic heterocycles. The summed E-state index contributed by atoms with van der Waals surface area (Å²) in [7, 11) is 0. The Hall–Kier alpha value is 0.0900. The Morgan fingerprint density at radius 2 is 1.50 bits per heavy atom. The minimum Gasteiger partial charge on any atom is -0.219 e. The molecule has 0 radical (unpaired) electrons. The van der Waals surface area contributed by atoms with Crippen molar-refractivity contribution in [3.8, 4) is 0 Å². The number of hydrogen-bond donors (Lipinski definition) is 0. The van der Waals surface area contributed by atoms with Crippen LogP contribution in [0.5, 0.6) is 0 Å². The number of halogens is 6. The van der Waals surface area contributed by atoms with Gasteiger partial charge in [0.1, 0.15) is 0 Å². The zero-order chi connectivity index (χ0) is 8.58. The molecule has 0 amide bonds. The monoisotopic (exact) mass is 202 g/mol. The Balaban J connectivity index is 4.57. The van der Waals surface area contributed by atoms with E-state index in [1.807, 2.05) is 0 Å². The van der Waals surface area contributed by atoms with Gasteiger partial charge in [0.05, 0.1) is 0 Å². The summed E-state index contributed by atoms with van der Waals surface area (Å²) >= 11 is -0.391. The smallest absolute Gasteiger partial charge is 0.219 e. The van der Waals surface area contributed by atoms with E-state index >= 15 is 0 Å². The molecule has 0 bridgehead atoms. The van der Waals surface area contributed by atoms with E-state index in [-0.39, 0.29) is 0 Å². The van der Waals surface area contributed by atoms with Crippen molar-refractivity contribution >= 4 is 22.8 Å². The molecule has 0 spiro atoms. The van der Waals surface area contributed by atoms with E-state index in [0.29, 0.717) is 0 Å². The molecule has 0 N–H and O–H groups in total. The zero-order valence-electron chi connectivity index (χ0n) is 4.08. The molecule has 0 aromatic rings. The average Bonchev–Trinajstić information content (AvgIpc) is 1.62. The van der Waals surface area contributed by atoms with Gasteiger partial charge in [0.2, 0.25) is 0 Å². The molecule has 0 aromatic carbocycles. The van der Waals surface area contributed by atoms with E-state index in [1.165, 1.54) is 0 Å². The van der Waals surface area contributed by atoms with Gasteiger partial charge in [-0.05, 0) is 0 Å². The second-order valence-electron chi connectivity index (χ2n) is 1.24. The van der Waals surface area contributed by atoms with Gasteiger partial charge in [-0.3, -0.25) is 0 Å². The van der Waals surface area contributed by atoms with Crippen LogP contribution in [-0.2, 0) is 11.2 Å². The maximum atomic E-state index is 11.7. The lowest BCUT2D eigenvalue weighted by molar-refractivity contribution is -0.170. The van der Waals surface area contributed by atoms with Crippen LogP contribution in [0.1, 0.15) is 0 Å². The third-order valence-electron chi connectivity index (χ3n) is 0.532. The highest BCUT2D eigenvalue weighted by molar-refractivity contribution is 7.82. The van der Waals surface area contributed by atoms with Gasteiger partial charge in [0.25, 0.3) is 11.2 Å². The van der Waals surface area contributed by atoms with E-state index in [4.69, 9.17) is 0 Å². The molecule has 1 nitrogen and oxygen atoms in total. The first kappa shape index (κ1) is 10.1. The third kappa shape index (κ3) is 1.79. The quantitative estimate of drug-likeness (QED) is 0.361. The maximum Gasteiger partial charge on any atom is 0.452 e. The van der Waals surface area contributed by atoms with Crippen LogP contribution >= 0.6 is 11.6 Å². The highest BCUT2D eigenvalue weighted by Crippen LogP contribution is 2.40. The van der Waals surface area contributed by atoms with E-state index in [9.17, 15) is 25.7 Å². The van der Waals surface area contributed by atoms with Crippen molar-refractivity contribution in [3.05, 3.63) is 0 Å². The summed E-state index contributed by atoms with van der Waals surface area (Å²) < 4.78 is 60.9. The van der Waals surface area contributed by atoms with Crippen LogP contribution in [-0.4, -0.2) is 14.8 Å². The molecular formula is C2ClF5OS. The van der Waals surface area contributed by atoms with E-state index in [0.717, 1.165) is 0 Å². The first-order valence-corrected chi connectivity index (χ1v) is 3.15. The second-order valence-corrected chi connectivity index (χ2v) is 2.99. The summed E-state index contributed by atoms with van der Waals surface area (Å²) in [5.74, 6) is 0. The van der Waals surface area contributed by atoms with Crippen LogP contribution < -0.4 is 0 Å². The SMILES string of the molecule is O=S(F)C(F)(Cl)C(F)(F)F. The summed E-state index contributed by atoms with van der Waals surface area (Å²) in [6.07, 6.45) is -5.66. The number of hydrogen-bond acceptors (Lipinski definition) is 1. The summed E-state index contributed by atoms with van der Waals surface area (Å²) in [4.78, 5) is 0. The normalized spacial score (nSPS) is 21.8. The number of rotatable bonds is 1. The van der Waals surface area contributed by atoms with Crippen molar-refractivity contribution in [2.75, 3.05) is 0 Å². The number of alkyl halides is 5. The second kappa shape index (κ2) is 2.61. The molecule has 8 heteroatoms. The zero-order valence-corrected chi connectivity index (χ0v) is 5.66. The fraction of sp³-hybridized carbons (Fsp3) is 1.00. The highest BCUT2D eigenvalue weighted by Gasteiger charge is 2.61. The Labute approximate surface area is 59.9 Å². The Kier molecular flexibility index (Phi) is 2.64. The lowest BCUT2D eigenvalue weighted by atomic mass is 10.7. The average molecular weight is 203 g/mol. The molecule has 2 unspecified atom stereocenters. The van der Waals surface area contributed by atoms with E-state index in [1.54, 1.807) is 0 Å². The van der Waals surface area contributed by atoms with Gasteiger partial charge < -0.3 is 0 Å². The largest absolute Gasteiger partial charge is 0.452 e. The standard InChI is InChI=1S/C2ClF5OS/c3-1(4,10(8)9)2(5,6)7. The molecule has 62 valence electrons.